The average molecular weight is 259 g/mol. The van der Waals surface area contributed by atoms with Crippen LogP contribution >= 0.6 is 0 Å². The molecule has 0 fully saturated rings. The topological polar surface area (TPSA) is 84.1 Å². The maximum Gasteiger partial charge on any atom is 0.359 e. The van der Waals surface area contributed by atoms with Crippen molar-refractivity contribution < 1.29 is 14.3 Å². The van der Waals surface area contributed by atoms with Crippen LogP contribution in [0.4, 0.5) is 0 Å². The zero-order chi connectivity index (χ0) is 13.7. The standard InChI is InChI=1S/C13H13N3O3/c1-2-7-14-11(17)8-19-13(18)12-9-5-3-4-6-10(9)15-16-12/h2-6H,1,7-8H2,(H,14,17)(H,15,16). The number of ether oxygens (including phenoxy) is 1. The Labute approximate surface area is 109 Å². The fourth-order valence-corrected chi connectivity index (χ4v) is 1.56. The number of esters is 1. The normalized spacial score (nSPS) is 10.1. The Morgan fingerprint density at radius 2 is 2.21 bits per heavy atom. The Balaban J connectivity index is 2.00. The van der Waals surface area contributed by atoms with Crippen LogP contribution < -0.4 is 5.32 Å². The number of hydrogen-bond donors (Lipinski definition) is 2. The Bertz CT molecular complexity index is 618. The Hall–Kier alpha value is -2.63. The van der Waals surface area contributed by atoms with Crippen molar-refractivity contribution in [2.45, 2.75) is 0 Å². The molecular formula is C13H13N3O3. The van der Waals surface area contributed by atoms with Crippen LogP contribution in [0.25, 0.3) is 10.9 Å². The van der Waals surface area contributed by atoms with E-state index in [4.69, 9.17) is 4.74 Å². The molecule has 0 bridgehead atoms. The van der Waals surface area contributed by atoms with E-state index < -0.39 is 5.97 Å². The highest BCUT2D eigenvalue weighted by Gasteiger charge is 2.16. The van der Waals surface area contributed by atoms with Crippen LogP contribution in [0.1, 0.15) is 10.5 Å². The number of nitrogens with zero attached hydrogens (tertiary/aromatic N) is 1. The van der Waals surface area contributed by atoms with E-state index in [-0.39, 0.29) is 18.2 Å². The van der Waals surface area contributed by atoms with Gasteiger partial charge in [-0.15, -0.1) is 6.58 Å². The summed E-state index contributed by atoms with van der Waals surface area (Å²) in [5.41, 5.74) is 0.915. The number of rotatable bonds is 5. The maximum atomic E-state index is 11.8. The summed E-state index contributed by atoms with van der Waals surface area (Å²) in [5, 5.41) is 9.79. The number of amides is 1. The smallest absolute Gasteiger partial charge is 0.359 e. The van der Waals surface area contributed by atoms with Gasteiger partial charge in [0.05, 0.1) is 5.52 Å². The van der Waals surface area contributed by atoms with Crippen molar-refractivity contribution in [1.82, 2.24) is 15.5 Å². The van der Waals surface area contributed by atoms with E-state index in [1.165, 1.54) is 0 Å². The highest BCUT2D eigenvalue weighted by atomic mass is 16.5. The molecule has 0 atom stereocenters. The summed E-state index contributed by atoms with van der Waals surface area (Å²) >= 11 is 0. The molecular weight excluding hydrogens is 246 g/mol. The number of carbonyl (C=O) groups excluding carboxylic acids is 2. The van der Waals surface area contributed by atoms with Crippen molar-refractivity contribution in [2.24, 2.45) is 0 Å². The van der Waals surface area contributed by atoms with Crippen molar-refractivity contribution in [2.75, 3.05) is 13.2 Å². The molecule has 1 amide bonds. The van der Waals surface area contributed by atoms with Crippen molar-refractivity contribution in [3.63, 3.8) is 0 Å². The molecule has 0 spiro atoms. The fraction of sp³-hybridized carbons (Fsp3) is 0.154. The summed E-state index contributed by atoms with van der Waals surface area (Å²) in [6, 6.07) is 7.19. The number of carbonyl (C=O) groups is 2. The zero-order valence-corrected chi connectivity index (χ0v) is 10.2. The lowest BCUT2D eigenvalue weighted by atomic mass is 10.2. The Morgan fingerprint density at radius 1 is 1.42 bits per heavy atom. The molecule has 2 rings (SSSR count). The minimum Gasteiger partial charge on any atom is -0.451 e. The number of nitrogens with one attached hydrogen (secondary N) is 2. The molecule has 0 aliphatic carbocycles. The Kier molecular flexibility index (Phi) is 3.92. The van der Waals surface area contributed by atoms with E-state index in [1.807, 2.05) is 6.07 Å². The van der Waals surface area contributed by atoms with Gasteiger partial charge in [0.15, 0.2) is 12.3 Å². The highest BCUT2D eigenvalue weighted by Crippen LogP contribution is 2.15. The third-order valence-electron chi connectivity index (χ3n) is 2.44. The predicted molar refractivity (Wildman–Crippen MR) is 69.6 cm³/mol. The lowest BCUT2D eigenvalue weighted by molar-refractivity contribution is -0.124. The maximum absolute atomic E-state index is 11.8. The minimum atomic E-state index is -0.633. The van der Waals surface area contributed by atoms with Gasteiger partial charge in [-0.25, -0.2) is 4.79 Å². The van der Waals surface area contributed by atoms with E-state index in [0.717, 1.165) is 5.52 Å². The number of benzene rings is 1. The van der Waals surface area contributed by atoms with Crippen LogP contribution in [0.3, 0.4) is 0 Å². The first kappa shape index (κ1) is 12.8. The van der Waals surface area contributed by atoms with Gasteiger partial charge in [-0.05, 0) is 6.07 Å². The molecule has 2 aromatic rings. The molecule has 19 heavy (non-hydrogen) atoms. The molecule has 0 aliphatic heterocycles. The van der Waals surface area contributed by atoms with E-state index >= 15 is 0 Å². The van der Waals surface area contributed by atoms with Crippen molar-refractivity contribution in [3.05, 3.63) is 42.6 Å². The number of fused-ring (bicyclic) bond motifs is 1. The van der Waals surface area contributed by atoms with Gasteiger partial charge >= 0.3 is 5.97 Å². The largest absolute Gasteiger partial charge is 0.451 e. The second-order valence-electron chi connectivity index (χ2n) is 3.79. The first-order valence-corrected chi connectivity index (χ1v) is 5.70. The lowest BCUT2D eigenvalue weighted by Gasteiger charge is -2.03. The molecule has 6 nitrogen and oxygen atoms in total. The summed E-state index contributed by atoms with van der Waals surface area (Å²) in [7, 11) is 0. The third kappa shape index (κ3) is 2.98. The molecule has 0 saturated heterocycles. The predicted octanol–water partition coefficient (Wildman–Crippen LogP) is 1.02. The van der Waals surface area contributed by atoms with Crippen molar-refractivity contribution >= 4 is 22.8 Å². The van der Waals surface area contributed by atoms with Gasteiger partial charge in [0, 0.05) is 11.9 Å². The molecule has 2 N–H and O–H groups in total. The first-order chi connectivity index (χ1) is 9.22. The number of para-hydroxylation sites is 1. The lowest BCUT2D eigenvalue weighted by Crippen LogP contribution is -2.28. The highest BCUT2D eigenvalue weighted by molar-refractivity contribution is 6.02. The minimum absolute atomic E-state index is 0.173. The SMILES string of the molecule is C=CCNC(=O)COC(=O)c1n[nH]c2ccccc12. The van der Waals surface area contributed by atoms with Crippen molar-refractivity contribution in [1.29, 1.82) is 0 Å². The van der Waals surface area contributed by atoms with Crippen LogP contribution in [-0.4, -0.2) is 35.2 Å². The van der Waals surface area contributed by atoms with E-state index in [9.17, 15) is 9.59 Å². The van der Waals surface area contributed by atoms with Gasteiger partial charge in [0.25, 0.3) is 5.91 Å². The number of aromatic amines is 1. The molecule has 0 unspecified atom stereocenters. The molecule has 98 valence electrons. The monoisotopic (exact) mass is 259 g/mol. The van der Waals surface area contributed by atoms with Crippen molar-refractivity contribution in [3.8, 4) is 0 Å². The quantitative estimate of drug-likeness (QED) is 0.620. The average Bonchev–Trinajstić information content (AvgIpc) is 2.86. The van der Waals surface area contributed by atoms with Gasteiger partial charge in [0.1, 0.15) is 0 Å². The van der Waals surface area contributed by atoms with E-state index in [2.05, 4.69) is 22.1 Å². The molecule has 0 saturated carbocycles. The Morgan fingerprint density at radius 3 is 3.00 bits per heavy atom. The van der Waals surface area contributed by atoms with Crippen LogP contribution in [0.5, 0.6) is 0 Å². The molecule has 1 aromatic carbocycles. The van der Waals surface area contributed by atoms with Crippen LogP contribution in [-0.2, 0) is 9.53 Å². The van der Waals surface area contributed by atoms with Gasteiger partial charge in [-0.3, -0.25) is 9.89 Å². The van der Waals surface area contributed by atoms with E-state index in [0.29, 0.717) is 11.9 Å². The number of aromatic nitrogens is 2. The van der Waals surface area contributed by atoms with Gasteiger partial charge in [-0.2, -0.15) is 5.10 Å². The molecule has 1 aromatic heterocycles. The molecule has 0 radical (unpaired) electrons. The zero-order valence-electron chi connectivity index (χ0n) is 10.2. The van der Waals surface area contributed by atoms with Crippen LogP contribution in [0.15, 0.2) is 36.9 Å². The summed E-state index contributed by atoms with van der Waals surface area (Å²) in [6.45, 7) is 3.46. The molecule has 1 heterocycles. The summed E-state index contributed by atoms with van der Waals surface area (Å²) in [5.74, 6) is -1.01. The number of H-pyrrole nitrogens is 1. The van der Waals surface area contributed by atoms with Gasteiger partial charge in [-0.1, -0.05) is 24.3 Å². The summed E-state index contributed by atoms with van der Waals surface area (Å²) in [4.78, 5) is 23.1. The van der Waals surface area contributed by atoms with Crippen LogP contribution in [0, 0.1) is 0 Å². The first-order valence-electron chi connectivity index (χ1n) is 5.70. The summed E-state index contributed by atoms with van der Waals surface area (Å²) in [6.07, 6.45) is 1.54. The van der Waals surface area contributed by atoms with Gasteiger partial charge < -0.3 is 10.1 Å². The van der Waals surface area contributed by atoms with E-state index in [1.54, 1.807) is 24.3 Å². The fourth-order valence-electron chi connectivity index (χ4n) is 1.56. The molecule has 6 heteroatoms. The third-order valence-corrected chi connectivity index (χ3v) is 2.44. The molecule has 0 aliphatic rings. The van der Waals surface area contributed by atoms with Gasteiger partial charge in [0.2, 0.25) is 0 Å². The van der Waals surface area contributed by atoms with Crippen LogP contribution in [0.2, 0.25) is 0 Å². The number of hydrogen-bond acceptors (Lipinski definition) is 4. The second-order valence-corrected chi connectivity index (χ2v) is 3.79. The second kappa shape index (κ2) is 5.81. The summed E-state index contributed by atoms with van der Waals surface area (Å²) < 4.78 is 4.89.